The molecule has 1 aliphatic heterocycles. The van der Waals surface area contributed by atoms with E-state index in [1.807, 2.05) is 0 Å². The van der Waals surface area contributed by atoms with Crippen LogP contribution in [0.1, 0.15) is 46.5 Å². The zero-order valence-corrected chi connectivity index (χ0v) is 9.84. The van der Waals surface area contributed by atoms with Crippen LogP contribution >= 0.6 is 0 Å². The van der Waals surface area contributed by atoms with Crippen molar-refractivity contribution in [1.82, 2.24) is 5.32 Å². The average Bonchev–Trinajstić information content (AvgIpc) is 2.10. The average molecular weight is 199 g/mol. The lowest BCUT2D eigenvalue weighted by molar-refractivity contribution is -0.0426. The van der Waals surface area contributed by atoms with Crippen LogP contribution in [0.3, 0.4) is 0 Å². The van der Waals surface area contributed by atoms with Crippen molar-refractivity contribution in [2.75, 3.05) is 13.1 Å². The lowest BCUT2D eigenvalue weighted by Gasteiger charge is -2.38. The molecule has 0 bridgehead atoms. The van der Waals surface area contributed by atoms with Crippen LogP contribution in [0.4, 0.5) is 0 Å². The number of hydrogen-bond donors (Lipinski definition) is 2. The Hall–Kier alpha value is -0.0800. The van der Waals surface area contributed by atoms with E-state index in [9.17, 15) is 5.11 Å². The Labute approximate surface area is 88.1 Å². The molecular weight excluding hydrogens is 174 g/mol. The molecule has 2 atom stereocenters. The van der Waals surface area contributed by atoms with Crippen molar-refractivity contribution in [3.63, 3.8) is 0 Å². The molecule has 0 radical (unpaired) electrons. The van der Waals surface area contributed by atoms with Gasteiger partial charge in [-0.05, 0) is 31.2 Å². The zero-order valence-electron chi connectivity index (χ0n) is 9.84. The number of piperidine rings is 1. The molecule has 14 heavy (non-hydrogen) atoms. The molecule has 0 aromatic carbocycles. The van der Waals surface area contributed by atoms with Crippen molar-refractivity contribution in [2.45, 2.75) is 52.1 Å². The number of nitrogens with one attached hydrogen (secondary N) is 1. The predicted octanol–water partition coefficient (Wildman–Crippen LogP) is 2.17. The van der Waals surface area contributed by atoms with E-state index in [1.165, 1.54) is 12.8 Å². The summed E-state index contributed by atoms with van der Waals surface area (Å²) >= 11 is 0. The third kappa shape index (κ3) is 3.25. The van der Waals surface area contributed by atoms with Crippen molar-refractivity contribution >= 4 is 0 Å². The Morgan fingerprint density at radius 2 is 2.21 bits per heavy atom. The maximum atomic E-state index is 10.4. The first-order valence-corrected chi connectivity index (χ1v) is 5.98. The van der Waals surface area contributed by atoms with E-state index in [-0.39, 0.29) is 5.60 Å². The molecule has 1 rings (SSSR count). The fraction of sp³-hybridized carbons (Fsp3) is 1.00. The molecule has 0 aliphatic carbocycles. The molecule has 0 saturated carbocycles. The number of rotatable bonds is 4. The second-order valence-corrected chi connectivity index (χ2v) is 5.24. The van der Waals surface area contributed by atoms with E-state index in [1.54, 1.807) is 0 Å². The van der Waals surface area contributed by atoms with E-state index >= 15 is 0 Å². The standard InChI is InChI=1S/C12H25NO/c1-10(2)5-4-6-12(14)7-8-13-9-11(12)3/h10-11,13-14H,4-9H2,1-3H3. The van der Waals surface area contributed by atoms with Gasteiger partial charge in [-0.1, -0.05) is 33.6 Å². The highest BCUT2D eigenvalue weighted by Gasteiger charge is 2.35. The van der Waals surface area contributed by atoms with Crippen molar-refractivity contribution in [1.29, 1.82) is 0 Å². The van der Waals surface area contributed by atoms with Crippen LogP contribution in [-0.4, -0.2) is 23.8 Å². The Bertz CT molecular complexity index is 170. The van der Waals surface area contributed by atoms with E-state index in [2.05, 4.69) is 26.1 Å². The Morgan fingerprint density at radius 3 is 2.79 bits per heavy atom. The topological polar surface area (TPSA) is 32.3 Å². The molecule has 0 spiro atoms. The molecule has 1 aliphatic rings. The van der Waals surface area contributed by atoms with Gasteiger partial charge in [0.1, 0.15) is 0 Å². The second kappa shape index (κ2) is 5.13. The summed E-state index contributed by atoms with van der Waals surface area (Å²) in [6, 6.07) is 0. The van der Waals surface area contributed by atoms with Gasteiger partial charge in [0.15, 0.2) is 0 Å². The van der Waals surface area contributed by atoms with Crippen LogP contribution in [0.15, 0.2) is 0 Å². The van der Waals surface area contributed by atoms with Gasteiger partial charge in [-0.2, -0.15) is 0 Å². The molecule has 0 aromatic rings. The molecule has 2 N–H and O–H groups in total. The molecule has 2 nitrogen and oxygen atoms in total. The summed E-state index contributed by atoms with van der Waals surface area (Å²) in [7, 11) is 0. The third-order valence-corrected chi connectivity index (χ3v) is 3.49. The van der Waals surface area contributed by atoms with Gasteiger partial charge in [0.25, 0.3) is 0 Å². The first-order chi connectivity index (χ1) is 6.54. The van der Waals surface area contributed by atoms with Crippen molar-refractivity contribution < 1.29 is 5.11 Å². The lowest BCUT2D eigenvalue weighted by atomic mass is 9.79. The normalized spacial score (nSPS) is 33.6. The maximum absolute atomic E-state index is 10.4. The van der Waals surface area contributed by atoms with Crippen LogP contribution in [0.25, 0.3) is 0 Å². The predicted molar refractivity (Wildman–Crippen MR) is 60.3 cm³/mol. The van der Waals surface area contributed by atoms with Crippen molar-refractivity contribution in [2.24, 2.45) is 11.8 Å². The SMILES string of the molecule is CC(C)CCCC1(O)CCNCC1C. The number of hydrogen-bond acceptors (Lipinski definition) is 2. The Kier molecular flexibility index (Phi) is 4.39. The molecule has 2 unspecified atom stereocenters. The van der Waals surface area contributed by atoms with Gasteiger partial charge in [0, 0.05) is 6.54 Å². The summed E-state index contributed by atoms with van der Waals surface area (Å²) in [5, 5.41) is 13.7. The smallest absolute Gasteiger partial charge is 0.0697 e. The first-order valence-electron chi connectivity index (χ1n) is 5.98. The van der Waals surface area contributed by atoms with Crippen molar-refractivity contribution in [3.8, 4) is 0 Å². The van der Waals surface area contributed by atoms with Gasteiger partial charge in [-0.3, -0.25) is 0 Å². The number of aliphatic hydroxyl groups is 1. The van der Waals surface area contributed by atoms with Crippen LogP contribution in [0.5, 0.6) is 0 Å². The van der Waals surface area contributed by atoms with Crippen LogP contribution in [0, 0.1) is 11.8 Å². The first kappa shape index (κ1) is 12.0. The third-order valence-electron chi connectivity index (χ3n) is 3.49. The Balaban J connectivity index is 2.32. The summed E-state index contributed by atoms with van der Waals surface area (Å²) in [5.41, 5.74) is -0.389. The fourth-order valence-corrected chi connectivity index (χ4v) is 2.25. The highest BCUT2D eigenvalue weighted by Crippen LogP contribution is 2.29. The Morgan fingerprint density at radius 1 is 1.50 bits per heavy atom. The molecule has 84 valence electrons. The van der Waals surface area contributed by atoms with Gasteiger partial charge < -0.3 is 10.4 Å². The fourth-order valence-electron chi connectivity index (χ4n) is 2.25. The van der Waals surface area contributed by atoms with E-state index in [4.69, 9.17) is 0 Å². The molecule has 2 heteroatoms. The van der Waals surface area contributed by atoms with E-state index < -0.39 is 0 Å². The van der Waals surface area contributed by atoms with Crippen LogP contribution < -0.4 is 5.32 Å². The van der Waals surface area contributed by atoms with Crippen LogP contribution in [-0.2, 0) is 0 Å². The van der Waals surface area contributed by atoms with Gasteiger partial charge in [0.05, 0.1) is 5.60 Å². The zero-order chi connectivity index (χ0) is 10.6. The molecule has 1 saturated heterocycles. The van der Waals surface area contributed by atoms with Gasteiger partial charge in [-0.25, -0.2) is 0 Å². The molecular formula is C12H25NO. The minimum absolute atomic E-state index is 0.389. The highest BCUT2D eigenvalue weighted by molar-refractivity contribution is 4.89. The highest BCUT2D eigenvalue weighted by atomic mass is 16.3. The summed E-state index contributed by atoms with van der Waals surface area (Å²) in [5.74, 6) is 1.17. The second-order valence-electron chi connectivity index (χ2n) is 5.24. The summed E-state index contributed by atoms with van der Waals surface area (Å²) in [4.78, 5) is 0. The quantitative estimate of drug-likeness (QED) is 0.727. The molecule has 0 amide bonds. The maximum Gasteiger partial charge on any atom is 0.0697 e. The summed E-state index contributed by atoms with van der Waals surface area (Å²) < 4.78 is 0. The van der Waals surface area contributed by atoms with E-state index in [0.717, 1.165) is 31.8 Å². The molecule has 0 aromatic heterocycles. The minimum atomic E-state index is -0.389. The monoisotopic (exact) mass is 199 g/mol. The van der Waals surface area contributed by atoms with Crippen molar-refractivity contribution in [3.05, 3.63) is 0 Å². The van der Waals surface area contributed by atoms with Crippen LogP contribution in [0.2, 0.25) is 0 Å². The molecule has 1 fully saturated rings. The van der Waals surface area contributed by atoms with Gasteiger partial charge in [-0.15, -0.1) is 0 Å². The lowest BCUT2D eigenvalue weighted by Crippen LogP contribution is -2.48. The van der Waals surface area contributed by atoms with E-state index in [0.29, 0.717) is 5.92 Å². The minimum Gasteiger partial charge on any atom is -0.390 e. The molecule has 1 heterocycles. The van der Waals surface area contributed by atoms with Gasteiger partial charge >= 0.3 is 0 Å². The summed E-state index contributed by atoms with van der Waals surface area (Å²) in [6.45, 7) is 8.59. The van der Waals surface area contributed by atoms with Gasteiger partial charge in [0.2, 0.25) is 0 Å². The summed E-state index contributed by atoms with van der Waals surface area (Å²) in [6.07, 6.45) is 4.31. The largest absolute Gasteiger partial charge is 0.390 e.